The first-order chi connectivity index (χ1) is 8.80. The molecule has 0 aromatic rings. The number of hydrogen-bond donors (Lipinski definition) is 0. The van der Waals surface area contributed by atoms with Crippen LogP contribution in [0.15, 0.2) is 0 Å². The van der Waals surface area contributed by atoms with Crippen LogP contribution in [-0.4, -0.2) is 30.8 Å². The van der Waals surface area contributed by atoms with Crippen LogP contribution in [0.4, 0.5) is 0 Å². The van der Waals surface area contributed by atoms with Crippen molar-refractivity contribution in [1.29, 1.82) is 0 Å². The lowest BCUT2D eigenvalue weighted by Crippen LogP contribution is -2.38. The molecule has 0 aromatic carbocycles. The summed E-state index contributed by atoms with van der Waals surface area (Å²) in [5, 5.41) is 0. The second-order valence-electron chi connectivity index (χ2n) is 7.79. The smallest absolute Gasteiger partial charge is 0.127 e. The Morgan fingerprint density at radius 1 is 1.16 bits per heavy atom. The first kappa shape index (κ1) is 16.7. The van der Waals surface area contributed by atoms with Gasteiger partial charge < -0.3 is 9.69 Å². The summed E-state index contributed by atoms with van der Waals surface area (Å²) in [7, 11) is 0. The van der Waals surface area contributed by atoms with Crippen LogP contribution in [0, 0.1) is 16.7 Å². The van der Waals surface area contributed by atoms with Gasteiger partial charge in [-0.1, -0.05) is 41.0 Å². The largest absolute Gasteiger partial charge is 0.303 e. The first-order valence-electron chi connectivity index (χ1n) is 7.99. The average molecular weight is 267 g/mol. The maximum atomic E-state index is 11.4. The van der Waals surface area contributed by atoms with E-state index in [4.69, 9.17) is 0 Å². The first-order valence-corrected chi connectivity index (χ1v) is 7.99. The van der Waals surface area contributed by atoms with Gasteiger partial charge in [0.15, 0.2) is 0 Å². The summed E-state index contributed by atoms with van der Waals surface area (Å²) in [5.74, 6) is 0.825. The lowest BCUT2D eigenvalue weighted by atomic mass is 9.77. The highest BCUT2D eigenvalue weighted by Gasteiger charge is 2.30. The fraction of sp³-hybridized carbons (Fsp3) is 0.941. The number of rotatable bonds is 5. The van der Waals surface area contributed by atoms with Crippen LogP contribution in [0.2, 0.25) is 0 Å². The second-order valence-corrected chi connectivity index (χ2v) is 7.79. The van der Waals surface area contributed by atoms with Gasteiger partial charge in [0.2, 0.25) is 0 Å². The Labute approximate surface area is 119 Å². The van der Waals surface area contributed by atoms with Gasteiger partial charge in [-0.05, 0) is 50.1 Å². The maximum absolute atomic E-state index is 11.4. The zero-order chi connectivity index (χ0) is 14.5. The van der Waals surface area contributed by atoms with E-state index in [1.54, 1.807) is 0 Å². The molecular formula is C17H33NO. The van der Waals surface area contributed by atoms with E-state index in [9.17, 15) is 4.79 Å². The molecule has 1 aliphatic heterocycles. The number of aldehydes is 1. The van der Waals surface area contributed by atoms with Crippen molar-refractivity contribution in [3.8, 4) is 0 Å². The van der Waals surface area contributed by atoms with Crippen molar-refractivity contribution >= 4 is 6.29 Å². The molecule has 2 unspecified atom stereocenters. The Balaban J connectivity index is 2.55. The van der Waals surface area contributed by atoms with Crippen LogP contribution in [0.5, 0.6) is 0 Å². The van der Waals surface area contributed by atoms with Gasteiger partial charge in [0.05, 0.1) is 0 Å². The third kappa shape index (κ3) is 5.25. The van der Waals surface area contributed by atoms with Gasteiger partial charge in [-0.2, -0.15) is 0 Å². The number of carbonyl (C=O) groups is 1. The molecule has 0 aromatic heterocycles. The Bertz CT molecular complexity index is 281. The number of nitrogens with zero attached hydrogens (tertiary/aromatic N) is 1. The SMILES string of the molecule is CCCC(C)(C=O)CN1CCCC(C(C)(C)C)CC1. The minimum Gasteiger partial charge on any atom is -0.303 e. The molecular weight excluding hydrogens is 234 g/mol. The summed E-state index contributed by atoms with van der Waals surface area (Å²) >= 11 is 0. The Kier molecular flexibility index (Phi) is 6.04. The molecule has 2 atom stereocenters. The standard InChI is InChI=1S/C17H33NO/c1-6-10-17(5,14-19)13-18-11-7-8-15(9-12-18)16(2,3)4/h14-15H,6-13H2,1-5H3. The fourth-order valence-electron chi connectivity index (χ4n) is 3.44. The summed E-state index contributed by atoms with van der Waals surface area (Å²) in [6.07, 6.45) is 7.19. The Morgan fingerprint density at radius 3 is 2.37 bits per heavy atom. The molecule has 0 radical (unpaired) electrons. The van der Waals surface area contributed by atoms with Crippen molar-refractivity contribution < 1.29 is 4.79 Å². The zero-order valence-electron chi connectivity index (χ0n) is 13.7. The Hall–Kier alpha value is -0.370. The van der Waals surface area contributed by atoms with Crippen LogP contribution >= 0.6 is 0 Å². The van der Waals surface area contributed by atoms with Crippen molar-refractivity contribution in [2.45, 2.75) is 66.7 Å². The third-order valence-corrected chi connectivity index (χ3v) is 4.74. The molecule has 2 heteroatoms. The van der Waals surface area contributed by atoms with Gasteiger partial charge in [-0.15, -0.1) is 0 Å². The molecule has 1 fully saturated rings. The van der Waals surface area contributed by atoms with Crippen LogP contribution in [0.25, 0.3) is 0 Å². The van der Waals surface area contributed by atoms with Crippen molar-refractivity contribution in [1.82, 2.24) is 4.90 Å². The lowest BCUT2D eigenvalue weighted by Gasteiger charge is -2.32. The molecule has 0 saturated carbocycles. The molecule has 1 aliphatic rings. The van der Waals surface area contributed by atoms with Crippen LogP contribution < -0.4 is 0 Å². The summed E-state index contributed by atoms with van der Waals surface area (Å²) in [5.41, 5.74) is 0.281. The van der Waals surface area contributed by atoms with E-state index < -0.39 is 0 Å². The molecule has 0 aliphatic carbocycles. The van der Waals surface area contributed by atoms with Gasteiger partial charge in [0.1, 0.15) is 6.29 Å². The predicted octanol–water partition coefficient (Wildman–Crippen LogP) is 4.14. The van der Waals surface area contributed by atoms with E-state index >= 15 is 0 Å². The number of hydrogen-bond acceptors (Lipinski definition) is 2. The molecule has 2 nitrogen and oxygen atoms in total. The van der Waals surface area contributed by atoms with Gasteiger partial charge in [0.25, 0.3) is 0 Å². The number of carbonyl (C=O) groups excluding carboxylic acids is 1. The van der Waals surface area contributed by atoms with Gasteiger partial charge in [-0.25, -0.2) is 0 Å². The molecule has 1 heterocycles. The normalized spacial score (nSPS) is 25.6. The van der Waals surface area contributed by atoms with Crippen molar-refractivity contribution in [2.75, 3.05) is 19.6 Å². The predicted molar refractivity (Wildman–Crippen MR) is 82.3 cm³/mol. The molecule has 0 bridgehead atoms. The van der Waals surface area contributed by atoms with Crippen molar-refractivity contribution in [2.24, 2.45) is 16.7 Å². The topological polar surface area (TPSA) is 20.3 Å². The summed E-state index contributed by atoms with van der Waals surface area (Å²) in [6.45, 7) is 14.6. The molecule has 1 saturated heterocycles. The van der Waals surface area contributed by atoms with Gasteiger partial charge in [0, 0.05) is 12.0 Å². The molecule has 1 rings (SSSR count). The van der Waals surface area contributed by atoms with Crippen molar-refractivity contribution in [3.05, 3.63) is 0 Å². The highest BCUT2D eigenvalue weighted by molar-refractivity contribution is 5.59. The zero-order valence-corrected chi connectivity index (χ0v) is 13.7. The second kappa shape index (κ2) is 6.88. The minimum absolute atomic E-state index is 0.143. The van der Waals surface area contributed by atoms with E-state index in [-0.39, 0.29) is 5.41 Å². The summed E-state index contributed by atoms with van der Waals surface area (Å²) < 4.78 is 0. The van der Waals surface area contributed by atoms with E-state index in [0.717, 1.165) is 31.8 Å². The van der Waals surface area contributed by atoms with E-state index in [1.807, 2.05) is 0 Å². The fourth-order valence-corrected chi connectivity index (χ4v) is 3.44. The highest BCUT2D eigenvalue weighted by atomic mass is 16.1. The van der Waals surface area contributed by atoms with Gasteiger partial charge >= 0.3 is 0 Å². The monoisotopic (exact) mass is 267 g/mol. The van der Waals surface area contributed by atoms with E-state index in [2.05, 4.69) is 39.5 Å². The molecule has 0 N–H and O–H groups in total. The van der Waals surface area contributed by atoms with E-state index in [0.29, 0.717) is 5.41 Å². The van der Waals surface area contributed by atoms with Crippen LogP contribution in [0.3, 0.4) is 0 Å². The average Bonchev–Trinajstić information content (AvgIpc) is 2.54. The van der Waals surface area contributed by atoms with Gasteiger partial charge in [-0.3, -0.25) is 0 Å². The van der Waals surface area contributed by atoms with E-state index in [1.165, 1.54) is 32.1 Å². The molecule has 0 spiro atoms. The molecule has 112 valence electrons. The highest BCUT2D eigenvalue weighted by Crippen LogP contribution is 2.35. The maximum Gasteiger partial charge on any atom is 0.127 e. The Morgan fingerprint density at radius 2 is 1.84 bits per heavy atom. The quantitative estimate of drug-likeness (QED) is 0.698. The third-order valence-electron chi connectivity index (χ3n) is 4.74. The molecule has 0 amide bonds. The van der Waals surface area contributed by atoms with Crippen LogP contribution in [0.1, 0.15) is 66.7 Å². The summed E-state index contributed by atoms with van der Waals surface area (Å²) in [6, 6.07) is 0. The number of likely N-dealkylation sites (tertiary alicyclic amines) is 1. The minimum atomic E-state index is -0.143. The summed E-state index contributed by atoms with van der Waals surface area (Å²) in [4.78, 5) is 13.9. The van der Waals surface area contributed by atoms with Crippen molar-refractivity contribution in [3.63, 3.8) is 0 Å². The van der Waals surface area contributed by atoms with Crippen LogP contribution in [-0.2, 0) is 4.79 Å². The lowest BCUT2D eigenvalue weighted by molar-refractivity contribution is -0.116. The molecule has 19 heavy (non-hydrogen) atoms.